The van der Waals surface area contributed by atoms with E-state index in [9.17, 15) is 4.79 Å². The molecule has 0 aromatic heterocycles. The van der Waals surface area contributed by atoms with Gasteiger partial charge in [0, 0.05) is 20.1 Å². The van der Waals surface area contributed by atoms with E-state index in [4.69, 9.17) is 10.5 Å². The molecule has 0 aliphatic heterocycles. The first kappa shape index (κ1) is 13.5. The SMILES string of the molecule is CC(N)Cc1cccc(OCC(=O)N(C)C)c1. The Labute approximate surface area is 102 Å². The third-order valence-corrected chi connectivity index (χ3v) is 2.32. The average Bonchev–Trinajstić information content (AvgIpc) is 2.25. The second-order valence-corrected chi connectivity index (χ2v) is 4.41. The molecule has 94 valence electrons. The average molecular weight is 236 g/mol. The molecule has 0 saturated carbocycles. The van der Waals surface area contributed by atoms with Crippen LogP contribution in [0.2, 0.25) is 0 Å². The minimum atomic E-state index is -0.0532. The van der Waals surface area contributed by atoms with Gasteiger partial charge in [0.25, 0.3) is 5.91 Å². The molecule has 4 heteroatoms. The zero-order valence-electron chi connectivity index (χ0n) is 10.6. The Morgan fingerprint density at radius 2 is 2.18 bits per heavy atom. The summed E-state index contributed by atoms with van der Waals surface area (Å²) >= 11 is 0. The highest BCUT2D eigenvalue weighted by Crippen LogP contribution is 2.14. The van der Waals surface area contributed by atoms with Gasteiger partial charge in [-0.15, -0.1) is 0 Å². The monoisotopic (exact) mass is 236 g/mol. The number of ether oxygens (including phenoxy) is 1. The van der Waals surface area contributed by atoms with Gasteiger partial charge in [0.05, 0.1) is 0 Å². The van der Waals surface area contributed by atoms with E-state index in [1.54, 1.807) is 14.1 Å². The number of nitrogens with zero attached hydrogens (tertiary/aromatic N) is 1. The van der Waals surface area contributed by atoms with Gasteiger partial charge in [-0.25, -0.2) is 0 Å². The Morgan fingerprint density at radius 1 is 1.47 bits per heavy atom. The Morgan fingerprint density at radius 3 is 2.76 bits per heavy atom. The molecule has 1 aromatic carbocycles. The first-order valence-electron chi connectivity index (χ1n) is 5.66. The predicted octanol–water partition coefficient (Wildman–Crippen LogP) is 1.04. The molecule has 1 amide bonds. The third kappa shape index (κ3) is 4.87. The Kier molecular flexibility index (Phi) is 4.97. The number of carbonyl (C=O) groups is 1. The van der Waals surface area contributed by atoms with Crippen molar-refractivity contribution in [2.75, 3.05) is 20.7 Å². The second-order valence-electron chi connectivity index (χ2n) is 4.41. The van der Waals surface area contributed by atoms with E-state index in [0.717, 1.165) is 12.0 Å². The largest absolute Gasteiger partial charge is 0.484 e. The van der Waals surface area contributed by atoms with Crippen LogP contribution in [0.5, 0.6) is 5.75 Å². The number of rotatable bonds is 5. The molecule has 2 N–H and O–H groups in total. The molecule has 1 unspecified atom stereocenters. The molecule has 0 spiro atoms. The quantitative estimate of drug-likeness (QED) is 0.831. The summed E-state index contributed by atoms with van der Waals surface area (Å²) in [5.74, 6) is 0.654. The molecular formula is C13H20N2O2. The summed E-state index contributed by atoms with van der Waals surface area (Å²) in [7, 11) is 3.41. The molecule has 1 atom stereocenters. The lowest BCUT2D eigenvalue weighted by molar-refractivity contribution is -0.130. The zero-order valence-corrected chi connectivity index (χ0v) is 10.6. The van der Waals surface area contributed by atoms with Crippen molar-refractivity contribution in [3.63, 3.8) is 0 Å². The minimum absolute atomic E-state index is 0.0532. The van der Waals surface area contributed by atoms with Crippen molar-refractivity contribution < 1.29 is 9.53 Å². The maximum absolute atomic E-state index is 11.4. The molecule has 0 aliphatic carbocycles. The summed E-state index contributed by atoms with van der Waals surface area (Å²) in [6.07, 6.45) is 0.804. The molecule has 0 aliphatic rings. The van der Waals surface area contributed by atoms with Crippen LogP contribution in [0.3, 0.4) is 0 Å². The highest BCUT2D eigenvalue weighted by atomic mass is 16.5. The van der Waals surface area contributed by atoms with E-state index < -0.39 is 0 Å². The fourth-order valence-corrected chi connectivity index (χ4v) is 1.41. The lowest BCUT2D eigenvalue weighted by atomic mass is 10.1. The normalized spacial score (nSPS) is 12.0. The third-order valence-electron chi connectivity index (χ3n) is 2.32. The molecule has 0 fully saturated rings. The molecule has 0 saturated heterocycles. The van der Waals surface area contributed by atoms with Crippen LogP contribution < -0.4 is 10.5 Å². The molecule has 4 nitrogen and oxygen atoms in total. The van der Waals surface area contributed by atoms with Crippen LogP contribution in [0.1, 0.15) is 12.5 Å². The molecule has 0 bridgehead atoms. The number of benzene rings is 1. The predicted molar refractivity (Wildman–Crippen MR) is 68.0 cm³/mol. The number of nitrogens with two attached hydrogens (primary N) is 1. The summed E-state index contributed by atoms with van der Waals surface area (Å²) in [4.78, 5) is 12.9. The first-order valence-corrected chi connectivity index (χ1v) is 5.66. The van der Waals surface area contributed by atoms with E-state index >= 15 is 0 Å². The van der Waals surface area contributed by atoms with Crippen molar-refractivity contribution in [2.45, 2.75) is 19.4 Å². The van der Waals surface area contributed by atoms with Crippen molar-refractivity contribution in [2.24, 2.45) is 5.73 Å². The van der Waals surface area contributed by atoms with Gasteiger partial charge in [-0.05, 0) is 31.0 Å². The molecule has 0 radical (unpaired) electrons. The summed E-state index contributed by atoms with van der Waals surface area (Å²) in [6.45, 7) is 2.03. The van der Waals surface area contributed by atoms with Crippen molar-refractivity contribution in [3.05, 3.63) is 29.8 Å². The summed E-state index contributed by atoms with van der Waals surface area (Å²) < 4.78 is 5.42. The van der Waals surface area contributed by atoms with Gasteiger partial charge in [0.2, 0.25) is 0 Å². The fourth-order valence-electron chi connectivity index (χ4n) is 1.41. The van der Waals surface area contributed by atoms with Crippen LogP contribution in [-0.2, 0) is 11.2 Å². The smallest absolute Gasteiger partial charge is 0.259 e. The molecule has 0 heterocycles. The van der Waals surface area contributed by atoms with Crippen molar-refractivity contribution in [3.8, 4) is 5.75 Å². The number of amides is 1. The van der Waals surface area contributed by atoms with Crippen LogP contribution in [-0.4, -0.2) is 37.6 Å². The maximum atomic E-state index is 11.4. The van der Waals surface area contributed by atoms with Crippen molar-refractivity contribution in [1.82, 2.24) is 4.90 Å². The standard InChI is InChI=1S/C13H20N2O2/c1-10(14)7-11-5-4-6-12(8-11)17-9-13(16)15(2)3/h4-6,8,10H,7,9,14H2,1-3H3. The molecule has 17 heavy (non-hydrogen) atoms. The topological polar surface area (TPSA) is 55.6 Å². The van der Waals surface area contributed by atoms with Crippen LogP contribution in [0, 0.1) is 0 Å². The van der Waals surface area contributed by atoms with Gasteiger partial charge in [-0.3, -0.25) is 4.79 Å². The van der Waals surface area contributed by atoms with Gasteiger partial charge in [0.15, 0.2) is 6.61 Å². The number of likely N-dealkylation sites (N-methyl/N-ethyl adjacent to an activating group) is 1. The highest BCUT2D eigenvalue weighted by Gasteiger charge is 2.05. The Hall–Kier alpha value is -1.55. The lowest BCUT2D eigenvalue weighted by Crippen LogP contribution is -2.27. The van der Waals surface area contributed by atoms with Crippen LogP contribution in [0.15, 0.2) is 24.3 Å². The van der Waals surface area contributed by atoms with Gasteiger partial charge in [-0.1, -0.05) is 12.1 Å². The summed E-state index contributed by atoms with van der Waals surface area (Å²) in [5.41, 5.74) is 6.86. The van der Waals surface area contributed by atoms with E-state index in [1.807, 2.05) is 31.2 Å². The second kappa shape index (κ2) is 6.25. The zero-order chi connectivity index (χ0) is 12.8. The number of hydrogen-bond donors (Lipinski definition) is 1. The van der Waals surface area contributed by atoms with Gasteiger partial charge >= 0.3 is 0 Å². The Balaban J connectivity index is 2.57. The fraction of sp³-hybridized carbons (Fsp3) is 0.462. The van der Waals surface area contributed by atoms with Gasteiger partial charge in [0.1, 0.15) is 5.75 Å². The number of carbonyl (C=O) groups excluding carboxylic acids is 1. The van der Waals surface area contributed by atoms with E-state index in [1.165, 1.54) is 4.90 Å². The van der Waals surface area contributed by atoms with E-state index in [0.29, 0.717) is 5.75 Å². The van der Waals surface area contributed by atoms with Crippen LogP contribution in [0.4, 0.5) is 0 Å². The van der Waals surface area contributed by atoms with Crippen molar-refractivity contribution in [1.29, 1.82) is 0 Å². The maximum Gasteiger partial charge on any atom is 0.259 e. The first-order chi connectivity index (χ1) is 7.99. The Bertz CT molecular complexity index is 375. The molecular weight excluding hydrogens is 216 g/mol. The van der Waals surface area contributed by atoms with Crippen LogP contribution >= 0.6 is 0 Å². The highest BCUT2D eigenvalue weighted by molar-refractivity contribution is 5.77. The van der Waals surface area contributed by atoms with Gasteiger partial charge in [-0.2, -0.15) is 0 Å². The van der Waals surface area contributed by atoms with Crippen molar-refractivity contribution >= 4 is 5.91 Å². The summed E-state index contributed by atoms with van der Waals surface area (Å²) in [5, 5.41) is 0. The minimum Gasteiger partial charge on any atom is -0.484 e. The van der Waals surface area contributed by atoms with Crippen LogP contribution in [0.25, 0.3) is 0 Å². The molecule has 1 rings (SSSR count). The summed E-state index contributed by atoms with van der Waals surface area (Å²) in [6, 6.07) is 7.80. The van der Waals surface area contributed by atoms with E-state index in [-0.39, 0.29) is 18.6 Å². The van der Waals surface area contributed by atoms with Gasteiger partial charge < -0.3 is 15.4 Å². The lowest BCUT2D eigenvalue weighted by Gasteiger charge is -2.12. The molecule has 1 aromatic rings. The number of hydrogen-bond acceptors (Lipinski definition) is 3. The van der Waals surface area contributed by atoms with E-state index in [2.05, 4.69) is 0 Å².